The molecule has 1 aliphatic heterocycles. The van der Waals surface area contributed by atoms with Crippen LogP contribution in [-0.4, -0.2) is 32.5 Å². The van der Waals surface area contributed by atoms with Gasteiger partial charge in [-0.25, -0.2) is 0 Å². The molecule has 0 spiro atoms. The molecule has 8 nitrogen and oxygen atoms in total. The molecule has 43 heavy (non-hydrogen) atoms. The SMILES string of the molecule is C=C/C=C(C#N)\C(=C/C)c1cc(C(=O)N2CCCC2c2cccnc2)cc(-c2nnc(C(C)N)o2)c1.Cc1ccccc1. The molecule has 0 bridgehead atoms. The van der Waals surface area contributed by atoms with E-state index in [9.17, 15) is 10.1 Å². The van der Waals surface area contributed by atoms with Crippen LogP contribution in [0.25, 0.3) is 17.0 Å². The molecule has 2 atom stereocenters. The third-order valence-corrected chi connectivity index (χ3v) is 7.08. The van der Waals surface area contributed by atoms with E-state index in [-0.39, 0.29) is 17.8 Å². The summed E-state index contributed by atoms with van der Waals surface area (Å²) in [7, 11) is 0. The van der Waals surface area contributed by atoms with Gasteiger partial charge in [-0.2, -0.15) is 5.26 Å². The van der Waals surface area contributed by atoms with E-state index in [0.29, 0.717) is 40.3 Å². The number of allylic oxidation sites excluding steroid dienone is 5. The number of hydrogen-bond acceptors (Lipinski definition) is 7. The van der Waals surface area contributed by atoms with Crippen molar-refractivity contribution in [1.82, 2.24) is 20.1 Å². The first-order valence-electron chi connectivity index (χ1n) is 14.2. The lowest BCUT2D eigenvalue weighted by Gasteiger charge is -2.25. The number of likely N-dealkylation sites (tertiary alicyclic amines) is 1. The van der Waals surface area contributed by atoms with Crippen LogP contribution in [-0.2, 0) is 0 Å². The summed E-state index contributed by atoms with van der Waals surface area (Å²) in [6.45, 7) is 10.0. The van der Waals surface area contributed by atoms with Crippen molar-refractivity contribution in [3.8, 4) is 17.5 Å². The standard InChI is InChI=1S/C28H28N6O2.C7H8/c1-4-8-19(16-29)24(5-2)21-13-22(27-33-32-26(36-27)18(3)30)15-23(14-21)28(35)34-12-7-10-25(34)20-9-6-11-31-17-20;1-7-5-3-2-4-6-7/h4-6,8-9,11,13-15,17-18,25H,1,7,10,12,30H2,2-3H3;2-6H,1H3/b19-8-,24-5+;. The fourth-order valence-corrected chi connectivity index (χ4v) is 4.98. The van der Waals surface area contributed by atoms with Crippen LogP contribution in [0.1, 0.15) is 71.7 Å². The Morgan fingerprint density at radius 3 is 2.51 bits per heavy atom. The molecule has 1 fully saturated rings. The van der Waals surface area contributed by atoms with Gasteiger partial charge in [0.25, 0.3) is 5.91 Å². The van der Waals surface area contributed by atoms with E-state index in [2.05, 4.69) is 46.9 Å². The Morgan fingerprint density at radius 1 is 1.16 bits per heavy atom. The summed E-state index contributed by atoms with van der Waals surface area (Å²) < 4.78 is 5.79. The van der Waals surface area contributed by atoms with Crippen LogP contribution >= 0.6 is 0 Å². The van der Waals surface area contributed by atoms with Crippen LogP contribution in [0.5, 0.6) is 0 Å². The highest BCUT2D eigenvalue weighted by atomic mass is 16.4. The number of pyridine rings is 1. The largest absolute Gasteiger partial charge is 0.419 e. The third-order valence-electron chi connectivity index (χ3n) is 7.08. The summed E-state index contributed by atoms with van der Waals surface area (Å²) in [6, 6.07) is 21.3. The number of aryl methyl sites for hydroxylation is 1. The molecule has 0 saturated carbocycles. The first-order chi connectivity index (χ1) is 20.9. The summed E-state index contributed by atoms with van der Waals surface area (Å²) in [5, 5.41) is 17.9. The van der Waals surface area contributed by atoms with Gasteiger partial charge < -0.3 is 15.1 Å². The van der Waals surface area contributed by atoms with Crippen LogP contribution in [0.3, 0.4) is 0 Å². The smallest absolute Gasteiger partial charge is 0.254 e. The molecule has 1 aliphatic rings. The number of benzene rings is 2. The van der Waals surface area contributed by atoms with Gasteiger partial charge in [0.1, 0.15) is 0 Å². The van der Waals surface area contributed by atoms with E-state index in [0.717, 1.165) is 18.4 Å². The Balaban J connectivity index is 0.000000530. The minimum Gasteiger partial charge on any atom is -0.419 e. The minimum atomic E-state index is -0.424. The Hall–Kier alpha value is -5.13. The van der Waals surface area contributed by atoms with Crippen molar-refractivity contribution in [1.29, 1.82) is 5.26 Å². The van der Waals surface area contributed by atoms with Gasteiger partial charge in [0.05, 0.1) is 23.7 Å². The van der Waals surface area contributed by atoms with Gasteiger partial charge in [-0.1, -0.05) is 60.7 Å². The van der Waals surface area contributed by atoms with E-state index < -0.39 is 6.04 Å². The van der Waals surface area contributed by atoms with Gasteiger partial charge in [0.15, 0.2) is 0 Å². The molecule has 5 rings (SSSR count). The highest BCUT2D eigenvalue weighted by molar-refractivity contribution is 5.98. The van der Waals surface area contributed by atoms with Crippen LogP contribution in [0.2, 0.25) is 0 Å². The second kappa shape index (κ2) is 14.7. The van der Waals surface area contributed by atoms with Crippen LogP contribution in [0.15, 0.2) is 108 Å². The van der Waals surface area contributed by atoms with Crippen molar-refractivity contribution in [2.75, 3.05) is 6.54 Å². The van der Waals surface area contributed by atoms with Crippen LogP contribution < -0.4 is 5.73 Å². The fraction of sp³-hybridized carbons (Fsp3) is 0.229. The van der Waals surface area contributed by atoms with E-state index in [1.807, 2.05) is 60.5 Å². The fourth-order valence-electron chi connectivity index (χ4n) is 4.98. The summed E-state index contributed by atoms with van der Waals surface area (Å²) in [5.74, 6) is 0.443. The average Bonchev–Trinajstić information content (AvgIpc) is 3.73. The maximum Gasteiger partial charge on any atom is 0.254 e. The molecule has 2 N–H and O–H groups in total. The molecule has 0 radical (unpaired) electrons. The van der Waals surface area contributed by atoms with Crippen molar-refractivity contribution < 1.29 is 9.21 Å². The lowest BCUT2D eigenvalue weighted by Crippen LogP contribution is -2.30. The molecule has 2 unspecified atom stereocenters. The van der Waals surface area contributed by atoms with Gasteiger partial charge in [0.2, 0.25) is 11.8 Å². The normalized spacial score (nSPS) is 15.7. The Bertz CT molecular complexity index is 1650. The average molecular weight is 573 g/mol. The predicted molar refractivity (Wildman–Crippen MR) is 168 cm³/mol. The first-order valence-corrected chi connectivity index (χ1v) is 14.2. The number of nitriles is 1. The topological polar surface area (TPSA) is 122 Å². The molecule has 8 heteroatoms. The molecular weight excluding hydrogens is 536 g/mol. The molecule has 1 amide bonds. The zero-order valence-corrected chi connectivity index (χ0v) is 24.8. The summed E-state index contributed by atoms with van der Waals surface area (Å²) in [6.07, 6.45) is 10.3. The number of aromatic nitrogens is 3. The number of nitrogens with two attached hydrogens (primary N) is 1. The highest BCUT2D eigenvalue weighted by Gasteiger charge is 2.31. The Morgan fingerprint density at radius 2 is 1.93 bits per heavy atom. The van der Waals surface area contributed by atoms with Crippen molar-refractivity contribution >= 4 is 11.5 Å². The van der Waals surface area contributed by atoms with Crippen LogP contribution in [0, 0.1) is 18.3 Å². The molecular formula is C35H36N6O2. The van der Waals surface area contributed by atoms with Crippen molar-refractivity contribution in [2.24, 2.45) is 5.73 Å². The number of nitrogens with zero attached hydrogens (tertiary/aromatic N) is 5. The zero-order chi connectivity index (χ0) is 30.8. The molecule has 0 aliphatic carbocycles. The number of carbonyl (C=O) groups is 1. The minimum absolute atomic E-state index is 0.0529. The maximum atomic E-state index is 13.9. The van der Waals surface area contributed by atoms with Gasteiger partial charge in [-0.05, 0) is 80.7 Å². The lowest BCUT2D eigenvalue weighted by atomic mass is 9.94. The highest BCUT2D eigenvalue weighted by Crippen LogP contribution is 2.35. The molecule has 2 aromatic carbocycles. The zero-order valence-electron chi connectivity index (χ0n) is 24.8. The number of hydrogen-bond donors (Lipinski definition) is 1. The molecule has 4 aromatic rings. The summed E-state index contributed by atoms with van der Waals surface area (Å²) >= 11 is 0. The van der Waals surface area contributed by atoms with Crippen LogP contribution in [0.4, 0.5) is 0 Å². The Kier molecular flexibility index (Phi) is 10.5. The molecule has 3 heterocycles. The number of amides is 1. The van der Waals surface area contributed by atoms with Crippen molar-refractivity contribution in [3.05, 3.63) is 132 Å². The van der Waals surface area contributed by atoms with Gasteiger partial charge in [-0.15, -0.1) is 10.2 Å². The second-order valence-corrected chi connectivity index (χ2v) is 10.3. The number of carbonyl (C=O) groups excluding carboxylic acids is 1. The predicted octanol–water partition coefficient (Wildman–Crippen LogP) is 7.16. The van der Waals surface area contributed by atoms with E-state index in [1.54, 1.807) is 37.4 Å². The molecule has 218 valence electrons. The van der Waals surface area contributed by atoms with Gasteiger partial charge >= 0.3 is 0 Å². The van der Waals surface area contributed by atoms with Gasteiger partial charge in [0, 0.05) is 30.1 Å². The van der Waals surface area contributed by atoms with Gasteiger partial charge in [-0.3, -0.25) is 9.78 Å². The number of rotatable bonds is 7. The van der Waals surface area contributed by atoms with E-state index in [4.69, 9.17) is 10.2 Å². The van der Waals surface area contributed by atoms with Crippen molar-refractivity contribution in [2.45, 2.75) is 45.7 Å². The second-order valence-electron chi connectivity index (χ2n) is 10.3. The monoisotopic (exact) mass is 572 g/mol. The lowest BCUT2D eigenvalue weighted by molar-refractivity contribution is 0.0735. The first kappa shape index (κ1) is 30.8. The molecule has 1 saturated heterocycles. The summed E-state index contributed by atoms with van der Waals surface area (Å²) in [5.41, 5.74) is 11.1. The third kappa shape index (κ3) is 7.59. The molecule has 2 aromatic heterocycles. The quantitative estimate of drug-likeness (QED) is 0.184. The van der Waals surface area contributed by atoms with E-state index >= 15 is 0 Å². The summed E-state index contributed by atoms with van der Waals surface area (Å²) in [4.78, 5) is 20.0. The van der Waals surface area contributed by atoms with Crippen molar-refractivity contribution in [3.63, 3.8) is 0 Å². The van der Waals surface area contributed by atoms with E-state index in [1.165, 1.54) is 5.56 Å². The maximum absolute atomic E-state index is 13.9. The Labute approximate surface area is 252 Å².